The van der Waals surface area contributed by atoms with Crippen LogP contribution >= 0.6 is 11.6 Å². The maximum absolute atomic E-state index is 12.5. The number of aromatic nitrogens is 1. The van der Waals surface area contributed by atoms with Crippen LogP contribution in [0.1, 0.15) is 37.2 Å². The molecule has 0 aliphatic carbocycles. The van der Waals surface area contributed by atoms with Gasteiger partial charge in [0, 0.05) is 23.9 Å². The summed E-state index contributed by atoms with van der Waals surface area (Å²) in [6.45, 7) is 3.85. The first-order valence-corrected chi connectivity index (χ1v) is 10.4. The van der Waals surface area contributed by atoms with Crippen LogP contribution in [0.15, 0.2) is 29.2 Å². The fourth-order valence-electron chi connectivity index (χ4n) is 3.44. The van der Waals surface area contributed by atoms with Crippen molar-refractivity contribution >= 4 is 17.4 Å². The summed E-state index contributed by atoms with van der Waals surface area (Å²) in [5.41, 5.74) is 0.782. The number of benzene rings is 1. The van der Waals surface area contributed by atoms with Gasteiger partial charge in [-0.1, -0.05) is 25.4 Å². The molecule has 2 aromatic rings. The molecule has 10 heteroatoms. The van der Waals surface area contributed by atoms with Gasteiger partial charge in [0.05, 0.1) is 28.9 Å². The van der Waals surface area contributed by atoms with Crippen molar-refractivity contribution in [2.24, 2.45) is 5.92 Å². The highest BCUT2D eigenvalue weighted by Crippen LogP contribution is 2.42. The van der Waals surface area contributed by atoms with Crippen LogP contribution < -0.4 is 14.9 Å². The number of rotatable bonds is 7. The molecule has 1 aromatic carbocycles. The van der Waals surface area contributed by atoms with E-state index in [1.165, 1.54) is 19.1 Å². The Morgan fingerprint density at radius 3 is 2.62 bits per heavy atom. The van der Waals surface area contributed by atoms with Crippen LogP contribution in [0.4, 0.5) is 13.2 Å². The van der Waals surface area contributed by atoms with Gasteiger partial charge in [0.15, 0.2) is 11.2 Å². The van der Waals surface area contributed by atoms with Crippen molar-refractivity contribution in [3.05, 3.63) is 45.2 Å². The Bertz CT molecular complexity index is 1060. The molecule has 174 valence electrons. The third-order valence-electron chi connectivity index (χ3n) is 5.06. The molecule has 0 bridgehead atoms. The van der Waals surface area contributed by atoms with Gasteiger partial charge in [0.2, 0.25) is 0 Å². The van der Waals surface area contributed by atoms with Crippen molar-refractivity contribution in [2.75, 3.05) is 26.4 Å². The fourth-order valence-corrected chi connectivity index (χ4v) is 3.66. The predicted molar refractivity (Wildman–Crippen MR) is 113 cm³/mol. The Labute approximate surface area is 187 Å². The number of ether oxygens (including phenoxy) is 3. The second-order valence-electron chi connectivity index (χ2n) is 7.82. The van der Waals surface area contributed by atoms with E-state index >= 15 is 0 Å². The van der Waals surface area contributed by atoms with Crippen LogP contribution in [0.3, 0.4) is 0 Å². The van der Waals surface area contributed by atoms with E-state index in [0.29, 0.717) is 17.0 Å². The summed E-state index contributed by atoms with van der Waals surface area (Å²) in [7, 11) is 0. The minimum Gasteiger partial charge on any atom is -0.491 e. The van der Waals surface area contributed by atoms with E-state index in [1.807, 2.05) is 18.4 Å². The lowest BCUT2D eigenvalue weighted by Crippen LogP contribution is -2.25. The zero-order chi connectivity index (χ0) is 23.6. The lowest BCUT2D eigenvalue weighted by molar-refractivity contribution is -0.175. The number of fused-ring (bicyclic) bond motifs is 3. The second kappa shape index (κ2) is 9.54. The highest BCUT2D eigenvalue weighted by molar-refractivity contribution is 6.32. The van der Waals surface area contributed by atoms with E-state index in [4.69, 9.17) is 21.1 Å². The van der Waals surface area contributed by atoms with Crippen molar-refractivity contribution in [3.63, 3.8) is 0 Å². The van der Waals surface area contributed by atoms with Gasteiger partial charge in [-0.15, -0.1) is 0 Å². The van der Waals surface area contributed by atoms with Crippen molar-refractivity contribution < 1.29 is 32.2 Å². The number of ketones is 1. The van der Waals surface area contributed by atoms with E-state index in [9.17, 15) is 22.8 Å². The van der Waals surface area contributed by atoms with Crippen LogP contribution in [-0.4, -0.2) is 43.0 Å². The number of halogens is 4. The average Bonchev–Trinajstić information content (AvgIpc) is 2.82. The Kier molecular flexibility index (Phi) is 7.19. The number of hydrogen-bond acceptors (Lipinski definition) is 5. The second-order valence-corrected chi connectivity index (χ2v) is 8.22. The van der Waals surface area contributed by atoms with Gasteiger partial charge in [0.1, 0.15) is 31.3 Å². The smallest absolute Gasteiger partial charge is 0.411 e. The number of carbonyl (C=O) groups is 1. The maximum Gasteiger partial charge on any atom is 0.411 e. The number of pyridine rings is 1. The molecule has 0 spiro atoms. The van der Waals surface area contributed by atoms with E-state index in [2.05, 4.69) is 4.74 Å². The number of Topliss-reactive ketones (excluding diaryl/α,β-unsaturated/α-hetero) is 1. The Balaban J connectivity index is 1.93. The number of carbonyl (C=O) groups excluding carboxylic acids is 1. The standard InChI is InChI=1S/C22H23ClF3NO5/c1-12(2)18-10-32-20-8-21(31-5-4-30-11-22(24,25)26)16(23)6-14(20)17-7-19(29)15(13(3)28)9-27(17)18/h6-9,12,18H,4-5,10-11H2,1-3H3/t18-/m0/s1. The van der Waals surface area contributed by atoms with Gasteiger partial charge >= 0.3 is 6.18 Å². The van der Waals surface area contributed by atoms with Gasteiger partial charge in [-0.25, -0.2) is 0 Å². The summed E-state index contributed by atoms with van der Waals surface area (Å²) in [6, 6.07) is 4.35. The molecule has 1 aliphatic rings. The van der Waals surface area contributed by atoms with Gasteiger partial charge in [-0.05, 0) is 18.9 Å². The fraction of sp³-hybridized carbons (Fsp3) is 0.455. The summed E-state index contributed by atoms with van der Waals surface area (Å²) in [5, 5.41) is 0.195. The van der Waals surface area contributed by atoms with Crippen molar-refractivity contribution in [1.82, 2.24) is 4.57 Å². The van der Waals surface area contributed by atoms with E-state index in [-0.39, 0.29) is 53.9 Å². The first kappa shape index (κ1) is 24.1. The van der Waals surface area contributed by atoms with Gasteiger partial charge in [0.25, 0.3) is 0 Å². The Hall–Kier alpha value is -2.52. The molecule has 3 rings (SSSR count). The quantitative estimate of drug-likeness (QED) is 0.422. The molecule has 6 nitrogen and oxygen atoms in total. The number of hydrogen-bond donors (Lipinski definition) is 0. The first-order valence-electron chi connectivity index (χ1n) is 9.99. The highest BCUT2D eigenvalue weighted by Gasteiger charge is 2.28. The average molecular weight is 474 g/mol. The molecule has 1 atom stereocenters. The third kappa shape index (κ3) is 5.45. The summed E-state index contributed by atoms with van der Waals surface area (Å²) in [4.78, 5) is 24.4. The first-order chi connectivity index (χ1) is 15.0. The lowest BCUT2D eigenvalue weighted by Gasteiger charge is -2.24. The Morgan fingerprint density at radius 2 is 2.00 bits per heavy atom. The van der Waals surface area contributed by atoms with E-state index in [0.717, 1.165) is 0 Å². The van der Waals surface area contributed by atoms with Crippen LogP contribution in [0.5, 0.6) is 11.5 Å². The van der Waals surface area contributed by atoms with Crippen molar-refractivity contribution in [3.8, 4) is 22.8 Å². The molecule has 0 saturated carbocycles. The molecule has 0 amide bonds. The van der Waals surface area contributed by atoms with Gasteiger partial charge < -0.3 is 18.8 Å². The predicted octanol–water partition coefficient (Wildman–Crippen LogP) is 4.92. The highest BCUT2D eigenvalue weighted by atomic mass is 35.5. The van der Waals surface area contributed by atoms with Crippen molar-refractivity contribution in [2.45, 2.75) is 33.0 Å². The van der Waals surface area contributed by atoms with Crippen LogP contribution in [0, 0.1) is 5.92 Å². The zero-order valence-electron chi connectivity index (χ0n) is 17.8. The maximum atomic E-state index is 12.5. The molecule has 0 fully saturated rings. The number of alkyl halides is 3. The molecule has 0 unspecified atom stereocenters. The third-order valence-corrected chi connectivity index (χ3v) is 5.35. The zero-order valence-corrected chi connectivity index (χ0v) is 18.5. The molecule has 0 saturated heterocycles. The van der Waals surface area contributed by atoms with Crippen LogP contribution in [0.2, 0.25) is 5.02 Å². The van der Waals surface area contributed by atoms with Crippen molar-refractivity contribution in [1.29, 1.82) is 0 Å². The molecule has 2 heterocycles. The molecule has 1 aromatic heterocycles. The lowest BCUT2D eigenvalue weighted by atomic mass is 10.0. The minimum atomic E-state index is -4.41. The largest absolute Gasteiger partial charge is 0.491 e. The molecular formula is C22H23ClF3NO5. The topological polar surface area (TPSA) is 66.8 Å². The van der Waals surface area contributed by atoms with E-state index < -0.39 is 18.2 Å². The normalized spacial score (nSPS) is 15.6. The molecule has 32 heavy (non-hydrogen) atoms. The van der Waals surface area contributed by atoms with Gasteiger partial charge in [-0.3, -0.25) is 9.59 Å². The number of nitrogens with zero attached hydrogens (tertiary/aromatic N) is 1. The van der Waals surface area contributed by atoms with Crippen LogP contribution in [-0.2, 0) is 4.74 Å². The summed E-state index contributed by atoms with van der Waals surface area (Å²) < 4.78 is 54.3. The summed E-state index contributed by atoms with van der Waals surface area (Å²) in [5.74, 6) is 0.431. The van der Waals surface area contributed by atoms with E-state index in [1.54, 1.807) is 12.3 Å². The molecule has 0 N–H and O–H groups in total. The minimum absolute atomic E-state index is 0.0905. The summed E-state index contributed by atoms with van der Waals surface area (Å²) in [6.07, 6.45) is -2.85. The molecule has 1 aliphatic heterocycles. The molecule has 0 radical (unpaired) electrons. The van der Waals surface area contributed by atoms with Gasteiger partial charge in [-0.2, -0.15) is 13.2 Å². The van der Waals surface area contributed by atoms with Crippen LogP contribution in [0.25, 0.3) is 11.3 Å². The molecular weight excluding hydrogens is 451 g/mol. The monoisotopic (exact) mass is 473 g/mol. The summed E-state index contributed by atoms with van der Waals surface area (Å²) >= 11 is 6.34. The Morgan fingerprint density at radius 1 is 1.28 bits per heavy atom. The SMILES string of the molecule is CC(=O)c1cn2c(cc1=O)-c1cc(Cl)c(OCCOCC(F)(F)F)cc1OC[C@H]2C(C)C.